The molecule has 0 spiro atoms. The molecule has 0 saturated heterocycles. The molecule has 13 aromatic rings. The van der Waals surface area contributed by atoms with Crippen LogP contribution in [0.5, 0.6) is 0 Å². The molecule has 1 radical (unpaired) electrons. The molecule has 0 unspecified atom stereocenters. The summed E-state index contributed by atoms with van der Waals surface area (Å²) < 4.78 is 8.73. The number of rotatable bonds is 6. The molecule has 0 fully saturated rings. The number of hydrogen-bond acceptors (Lipinski definition) is 5. The van der Waals surface area contributed by atoms with Crippen molar-refractivity contribution in [2.45, 2.75) is 0 Å². The molecule has 13 rings (SSSR count). The Hall–Kier alpha value is -8.03. The zero-order valence-electron chi connectivity index (χ0n) is 34.0. The van der Waals surface area contributed by atoms with E-state index in [0.717, 1.165) is 105 Å². The first-order valence-electron chi connectivity index (χ1n) is 20.9. The Morgan fingerprint density at radius 2 is 1.11 bits per heavy atom. The number of nitrogens with zero attached hydrogens (tertiary/aromatic N) is 5. The molecular formula is C56H33IrN6O-. The van der Waals surface area contributed by atoms with Crippen LogP contribution in [0.15, 0.2) is 199 Å². The van der Waals surface area contributed by atoms with Crippen molar-refractivity contribution >= 4 is 65.6 Å². The van der Waals surface area contributed by atoms with E-state index in [9.17, 15) is 0 Å². The molecule has 0 bridgehead atoms. The zero-order valence-corrected chi connectivity index (χ0v) is 36.3. The number of aromatic amines is 1. The third-order valence-electron chi connectivity index (χ3n) is 12.2. The molecule has 0 aliphatic carbocycles. The standard InChI is InChI=1S/C56H33N6O.Ir/c1-3-12-34(13-4-1)54-59-55(35-14-5-2-6-15-35)61-56(60-54)62-50-25-22-37(29-44(50)45-32-43-41-18-7-8-20-48(41)58-49(43)33-51(45)62)39-21-24-42-46-30-38(23-26-52(46)63-53(42)31-39)36-16-11-17-40(28-36)47-19-9-10-27-57-47;/h1-16,18-33,58H;/q-1;. The minimum atomic E-state index is 0. The molecule has 5 aromatic heterocycles. The summed E-state index contributed by atoms with van der Waals surface area (Å²) in [5.41, 5.74) is 13.9. The van der Waals surface area contributed by atoms with Gasteiger partial charge in [-0.2, -0.15) is 9.97 Å². The van der Waals surface area contributed by atoms with E-state index in [-0.39, 0.29) is 20.1 Å². The van der Waals surface area contributed by atoms with E-state index in [4.69, 9.17) is 19.4 Å². The van der Waals surface area contributed by atoms with E-state index >= 15 is 0 Å². The molecule has 303 valence electrons. The molecule has 0 amide bonds. The number of fused-ring (bicyclic) bond motifs is 9. The van der Waals surface area contributed by atoms with Crippen LogP contribution < -0.4 is 0 Å². The number of furan rings is 1. The molecule has 0 aliphatic rings. The average Bonchev–Trinajstić information content (AvgIpc) is 4.02. The van der Waals surface area contributed by atoms with Gasteiger partial charge in [0.2, 0.25) is 5.95 Å². The molecule has 1 N–H and O–H groups in total. The van der Waals surface area contributed by atoms with Gasteiger partial charge < -0.3 is 14.4 Å². The van der Waals surface area contributed by atoms with Crippen molar-refractivity contribution < 1.29 is 24.5 Å². The van der Waals surface area contributed by atoms with Crippen LogP contribution in [0.4, 0.5) is 0 Å². The van der Waals surface area contributed by atoms with Gasteiger partial charge in [-0.15, -0.1) is 35.4 Å². The van der Waals surface area contributed by atoms with E-state index in [1.54, 1.807) is 0 Å². The minimum absolute atomic E-state index is 0. The number of H-pyrrole nitrogens is 1. The van der Waals surface area contributed by atoms with Gasteiger partial charge in [0.15, 0.2) is 11.6 Å². The number of pyridine rings is 1. The summed E-state index contributed by atoms with van der Waals surface area (Å²) in [6.45, 7) is 0. The van der Waals surface area contributed by atoms with Crippen LogP contribution in [0, 0.1) is 6.07 Å². The number of hydrogen-bond donors (Lipinski definition) is 1. The van der Waals surface area contributed by atoms with Gasteiger partial charge in [-0.05, 0) is 83.0 Å². The fourth-order valence-electron chi connectivity index (χ4n) is 9.11. The second-order valence-electron chi connectivity index (χ2n) is 15.9. The van der Waals surface area contributed by atoms with Gasteiger partial charge in [0.25, 0.3) is 0 Å². The summed E-state index contributed by atoms with van der Waals surface area (Å²) >= 11 is 0. The zero-order chi connectivity index (χ0) is 41.4. The predicted octanol–water partition coefficient (Wildman–Crippen LogP) is 14.0. The van der Waals surface area contributed by atoms with Crippen molar-refractivity contribution in [3.8, 4) is 62.2 Å². The minimum Gasteiger partial charge on any atom is -0.456 e. The molecule has 8 aromatic carbocycles. The van der Waals surface area contributed by atoms with Crippen LogP contribution in [0.2, 0.25) is 0 Å². The second kappa shape index (κ2) is 15.1. The Morgan fingerprint density at radius 1 is 0.438 bits per heavy atom. The maximum atomic E-state index is 6.55. The summed E-state index contributed by atoms with van der Waals surface area (Å²) in [5.74, 6) is 1.77. The first kappa shape index (κ1) is 37.7. The van der Waals surface area contributed by atoms with Crippen molar-refractivity contribution in [2.75, 3.05) is 0 Å². The van der Waals surface area contributed by atoms with E-state index in [0.29, 0.717) is 17.6 Å². The predicted molar refractivity (Wildman–Crippen MR) is 255 cm³/mol. The number of nitrogens with one attached hydrogen (secondary N) is 1. The first-order chi connectivity index (χ1) is 31.2. The normalized spacial score (nSPS) is 11.6. The van der Waals surface area contributed by atoms with Crippen molar-refractivity contribution in [1.29, 1.82) is 0 Å². The Balaban J connectivity index is 0.00000433. The summed E-state index contributed by atoms with van der Waals surface area (Å²) in [4.78, 5) is 23.6. The van der Waals surface area contributed by atoms with Crippen molar-refractivity contribution in [2.24, 2.45) is 0 Å². The number of para-hydroxylation sites is 1. The van der Waals surface area contributed by atoms with E-state index < -0.39 is 0 Å². The van der Waals surface area contributed by atoms with E-state index in [1.807, 2.05) is 91.1 Å². The van der Waals surface area contributed by atoms with Gasteiger partial charge in [0.1, 0.15) is 11.2 Å². The Bertz CT molecular complexity index is 3860. The fourth-order valence-corrected chi connectivity index (χ4v) is 9.11. The van der Waals surface area contributed by atoms with Gasteiger partial charge in [-0.25, -0.2) is 4.98 Å². The quantitative estimate of drug-likeness (QED) is 0.168. The largest absolute Gasteiger partial charge is 0.456 e. The summed E-state index contributed by atoms with van der Waals surface area (Å²) in [5, 5.41) is 6.69. The Morgan fingerprint density at radius 3 is 1.89 bits per heavy atom. The van der Waals surface area contributed by atoms with Crippen LogP contribution in [-0.2, 0) is 20.1 Å². The van der Waals surface area contributed by atoms with Crippen LogP contribution >= 0.6 is 0 Å². The fraction of sp³-hybridized carbons (Fsp3) is 0. The molecule has 8 heteroatoms. The SMILES string of the molecule is [Ir].[c-]1ccc(-c2ccc3oc4cc(-c5ccc6c(c5)c5cc7c(cc5n6-c5nc(-c6ccccc6)nc(-c6ccccc6)n5)[nH]c5ccccc57)ccc4c3c2)cc1-c1ccccn1. The smallest absolute Gasteiger partial charge is 0.238 e. The van der Waals surface area contributed by atoms with Crippen molar-refractivity contribution in [3.05, 3.63) is 200 Å². The number of benzene rings is 8. The third-order valence-corrected chi connectivity index (χ3v) is 12.2. The van der Waals surface area contributed by atoms with Crippen molar-refractivity contribution in [1.82, 2.24) is 29.5 Å². The molecule has 0 atom stereocenters. The van der Waals surface area contributed by atoms with Gasteiger partial charge >= 0.3 is 0 Å². The van der Waals surface area contributed by atoms with Gasteiger partial charge in [0, 0.05) is 80.8 Å². The van der Waals surface area contributed by atoms with Gasteiger partial charge in [-0.1, -0.05) is 109 Å². The van der Waals surface area contributed by atoms with Crippen LogP contribution in [0.3, 0.4) is 0 Å². The number of aromatic nitrogens is 6. The van der Waals surface area contributed by atoms with Crippen LogP contribution in [-0.4, -0.2) is 29.5 Å². The molecule has 7 nitrogen and oxygen atoms in total. The average molecular weight is 998 g/mol. The maximum absolute atomic E-state index is 6.55. The van der Waals surface area contributed by atoms with Gasteiger partial charge in [0.05, 0.1) is 11.0 Å². The Labute approximate surface area is 380 Å². The first-order valence-corrected chi connectivity index (χ1v) is 20.9. The summed E-state index contributed by atoms with van der Waals surface area (Å²) in [6.07, 6.45) is 1.81. The van der Waals surface area contributed by atoms with Crippen molar-refractivity contribution in [3.63, 3.8) is 0 Å². The van der Waals surface area contributed by atoms with Gasteiger partial charge in [-0.3, -0.25) is 4.57 Å². The summed E-state index contributed by atoms with van der Waals surface area (Å²) in [7, 11) is 0. The van der Waals surface area contributed by atoms with Crippen LogP contribution in [0.25, 0.3) is 128 Å². The molecule has 0 aliphatic heterocycles. The summed E-state index contributed by atoms with van der Waals surface area (Å²) in [6, 6.07) is 68.4. The van der Waals surface area contributed by atoms with Crippen LogP contribution in [0.1, 0.15) is 0 Å². The topological polar surface area (TPSA) is 85.4 Å². The third kappa shape index (κ3) is 6.22. The second-order valence-corrected chi connectivity index (χ2v) is 15.9. The maximum Gasteiger partial charge on any atom is 0.238 e. The van der Waals surface area contributed by atoms with E-state index in [1.165, 1.54) is 5.39 Å². The molecule has 64 heavy (non-hydrogen) atoms. The monoisotopic (exact) mass is 998 g/mol. The molecule has 5 heterocycles. The molecule has 0 saturated carbocycles. The Kier molecular flexibility index (Phi) is 8.90. The van der Waals surface area contributed by atoms with E-state index in [2.05, 4.69) is 124 Å². The molecular weight excluding hydrogens is 965 g/mol.